The summed E-state index contributed by atoms with van der Waals surface area (Å²) in [7, 11) is 1.71. The minimum atomic E-state index is 0.388. The number of methoxy groups -OCH3 is 1. The maximum atomic E-state index is 4.99. The van der Waals surface area contributed by atoms with Gasteiger partial charge in [-0.05, 0) is 6.92 Å². The normalized spacial score (nSPS) is 13.2. The monoisotopic (exact) mass is 186 g/mol. The molecule has 0 aliphatic heterocycles. The van der Waals surface area contributed by atoms with Gasteiger partial charge in [0.2, 0.25) is 0 Å². The van der Waals surface area contributed by atoms with Crippen LogP contribution in [0.1, 0.15) is 11.9 Å². The summed E-state index contributed by atoms with van der Waals surface area (Å²) in [5.74, 6) is 0. The lowest BCUT2D eigenvalue weighted by atomic mass is 10.3. The van der Waals surface area contributed by atoms with E-state index in [4.69, 9.17) is 4.74 Å². The molecule has 68 valence electrons. The average Bonchev–Trinajstić information content (AvgIpc) is 2.53. The molecule has 0 spiro atoms. The molecule has 0 amide bonds. The van der Waals surface area contributed by atoms with E-state index in [1.165, 1.54) is 0 Å². The first-order chi connectivity index (χ1) is 5.83. The van der Waals surface area contributed by atoms with Crippen LogP contribution in [0.2, 0.25) is 0 Å². The minimum absolute atomic E-state index is 0.388. The summed E-state index contributed by atoms with van der Waals surface area (Å²) in [5.41, 5.74) is 0. The lowest BCUT2D eigenvalue weighted by molar-refractivity contribution is 0.171. The average molecular weight is 186 g/mol. The van der Waals surface area contributed by atoms with Gasteiger partial charge in [-0.3, -0.25) is 0 Å². The zero-order valence-corrected chi connectivity index (χ0v) is 8.23. The van der Waals surface area contributed by atoms with Crippen LogP contribution in [0, 0.1) is 0 Å². The maximum absolute atomic E-state index is 4.99. The summed E-state index contributed by atoms with van der Waals surface area (Å²) < 4.78 is 4.99. The molecule has 12 heavy (non-hydrogen) atoms. The largest absolute Gasteiger partial charge is 0.383 e. The van der Waals surface area contributed by atoms with E-state index in [2.05, 4.69) is 17.2 Å². The highest BCUT2D eigenvalue weighted by Gasteiger charge is 2.00. The molecule has 0 saturated heterocycles. The maximum Gasteiger partial charge on any atom is 0.106 e. The van der Waals surface area contributed by atoms with Crippen molar-refractivity contribution >= 4 is 11.3 Å². The van der Waals surface area contributed by atoms with Crippen LogP contribution < -0.4 is 5.32 Å². The SMILES string of the molecule is COCC(C)NCc1nccs1. The predicted molar refractivity (Wildman–Crippen MR) is 50.3 cm³/mol. The van der Waals surface area contributed by atoms with Crippen LogP contribution in [0.25, 0.3) is 0 Å². The first kappa shape index (κ1) is 9.64. The third-order valence-electron chi connectivity index (χ3n) is 1.50. The summed E-state index contributed by atoms with van der Waals surface area (Å²) in [6.45, 7) is 3.67. The van der Waals surface area contributed by atoms with Gasteiger partial charge in [0.05, 0.1) is 6.61 Å². The van der Waals surface area contributed by atoms with Crippen LogP contribution in [-0.4, -0.2) is 24.7 Å². The van der Waals surface area contributed by atoms with E-state index < -0.39 is 0 Å². The quantitative estimate of drug-likeness (QED) is 0.752. The van der Waals surface area contributed by atoms with Gasteiger partial charge in [0.1, 0.15) is 5.01 Å². The molecule has 1 atom stereocenters. The Morgan fingerprint density at radius 3 is 3.17 bits per heavy atom. The molecule has 4 heteroatoms. The van der Waals surface area contributed by atoms with Crippen molar-refractivity contribution in [2.24, 2.45) is 0 Å². The first-order valence-corrected chi connectivity index (χ1v) is 4.81. The summed E-state index contributed by atoms with van der Waals surface area (Å²) >= 11 is 1.67. The Morgan fingerprint density at radius 1 is 1.75 bits per heavy atom. The van der Waals surface area contributed by atoms with E-state index in [1.807, 2.05) is 11.6 Å². The van der Waals surface area contributed by atoms with E-state index in [1.54, 1.807) is 18.4 Å². The minimum Gasteiger partial charge on any atom is -0.383 e. The molecule has 0 aliphatic carbocycles. The van der Waals surface area contributed by atoms with Crippen molar-refractivity contribution in [1.82, 2.24) is 10.3 Å². The molecule has 0 saturated carbocycles. The van der Waals surface area contributed by atoms with Crippen molar-refractivity contribution in [3.63, 3.8) is 0 Å². The standard InChI is InChI=1S/C8H14N2OS/c1-7(6-11-2)10-5-8-9-3-4-12-8/h3-4,7,10H,5-6H2,1-2H3. The zero-order chi connectivity index (χ0) is 8.81. The fraction of sp³-hybridized carbons (Fsp3) is 0.625. The van der Waals surface area contributed by atoms with Crippen LogP contribution in [0.15, 0.2) is 11.6 Å². The van der Waals surface area contributed by atoms with Gasteiger partial charge < -0.3 is 10.1 Å². The van der Waals surface area contributed by atoms with Crippen LogP contribution in [0.5, 0.6) is 0 Å². The van der Waals surface area contributed by atoms with Gasteiger partial charge in [-0.15, -0.1) is 11.3 Å². The lowest BCUT2D eigenvalue weighted by Crippen LogP contribution is -2.29. The van der Waals surface area contributed by atoms with Crippen LogP contribution in [0.3, 0.4) is 0 Å². The molecule has 0 radical (unpaired) electrons. The summed E-state index contributed by atoms with van der Waals surface area (Å²) in [6.07, 6.45) is 1.82. The number of nitrogens with one attached hydrogen (secondary N) is 1. The van der Waals surface area contributed by atoms with E-state index in [0.717, 1.165) is 18.2 Å². The number of thiazole rings is 1. The van der Waals surface area contributed by atoms with Gasteiger partial charge in [0.15, 0.2) is 0 Å². The number of nitrogens with zero attached hydrogens (tertiary/aromatic N) is 1. The zero-order valence-electron chi connectivity index (χ0n) is 7.41. The molecular weight excluding hydrogens is 172 g/mol. The molecule has 1 N–H and O–H groups in total. The second-order valence-electron chi connectivity index (χ2n) is 2.66. The van der Waals surface area contributed by atoms with Crippen LogP contribution >= 0.6 is 11.3 Å². The molecule has 1 rings (SSSR count). The molecule has 0 bridgehead atoms. The highest BCUT2D eigenvalue weighted by Crippen LogP contribution is 2.02. The fourth-order valence-corrected chi connectivity index (χ4v) is 1.48. The van der Waals surface area contributed by atoms with Crippen molar-refractivity contribution in [1.29, 1.82) is 0 Å². The van der Waals surface area contributed by atoms with E-state index in [9.17, 15) is 0 Å². The van der Waals surface area contributed by atoms with E-state index >= 15 is 0 Å². The third-order valence-corrected chi connectivity index (χ3v) is 2.28. The summed E-state index contributed by atoms with van der Waals surface area (Å²) in [6, 6.07) is 0.388. The third kappa shape index (κ3) is 3.30. The van der Waals surface area contributed by atoms with Crippen molar-refractivity contribution < 1.29 is 4.74 Å². The van der Waals surface area contributed by atoms with Crippen molar-refractivity contribution in [3.05, 3.63) is 16.6 Å². The van der Waals surface area contributed by atoms with Gasteiger partial charge in [-0.2, -0.15) is 0 Å². The first-order valence-electron chi connectivity index (χ1n) is 3.93. The Labute approximate surface area is 76.8 Å². The van der Waals surface area contributed by atoms with Gasteiger partial charge in [0, 0.05) is 31.3 Å². The van der Waals surface area contributed by atoms with E-state index in [0.29, 0.717) is 6.04 Å². The van der Waals surface area contributed by atoms with Gasteiger partial charge in [-0.25, -0.2) is 4.98 Å². The number of rotatable bonds is 5. The van der Waals surface area contributed by atoms with Crippen LogP contribution in [0.4, 0.5) is 0 Å². The Bertz CT molecular complexity index is 201. The number of aromatic nitrogens is 1. The van der Waals surface area contributed by atoms with Gasteiger partial charge in [-0.1, -0.05) is 0 Å². The Morgan fingerprint density at radius 2 is 2.58 bits per heavy atom. The highest BCUT2D eigenvalue weighted by atomic mass is 32.1. The molecule has 0 fully saturated rings. The summed E-state index contributed by atoms with van der Waals surface area (Å²) in [5, 5.41) is 6.42. The van der Waals surface area contributed by atoms with Crippen molar-refractivity contribution in [2.45, 2.75) is 19.5 Å². The van der Waals surface area contributed by atoms with E-state index in [-0.39, 0.29) is 0 Å². The predicted octanol–water partition coefficient (Wildman–Crippen LogP) is 1.27. The lowest BCUT2D eigenvalue weighted by Gasteiger charge is -2.10. The molecule has 3 nitrogen and oxygen atoms in total. The topological polar surface area (TPSA) is 34.1 Å². The second kappa shape index (κ2) is 5.24. The molecule has 0 aromatic carbocycles. The van der Waals surface area contributed by atoms with Crippen LogP contribution in [-0.2, 0) is 11.3 Å². The molecule has 1 unspecified atom stereocenters. The molecule has 1 aromatic heterocycles. The second-order valence-corrected chi connectivity index (χ2v) is 3.64. The molecule has 1 aromatic rings. The molecule has 1 heterocycles. The molecule has 0 aliphatic rings. The Hall–Kier alpha value is -0.450. The molecular formula is C8H14N2OS. The van der Waals surface area contributed by atoms with Crippen molar-refractivity contribution in [3.8, 4) is 0 Å². The number of ether oxygens (including phenoxy) is 1. The fourth-order valence-electron chi connectivity index (χ4n) is 0.911. The Kier molecular flexibility index (Phi) is 4.21. The van der Waals surface area contributed by atoms with Gasteiger partial charge in [0.25, 0.3) is 0 Å². The number of hydrogen-bond acceptors (Lipinski definition) is 4. The summed E-state index contributed by atoms with van der Waals surface area (Å²) in [4.78, 5) is 4.16. The van der Waals surface area contributed by atoms with Crippen molar-refractivity contribution in [2.75, 3.05) is 13.7 Å². The smallest absolute Gasteiger partial charge is 0.106 e. The Balaban J connectivity index is 2.17. The highest BCUT2D eigenvalue weighted by molar-refractivity contribution is 7.09. The van der Waals surface area contributed by atoms with Gasteiger partial charge >= 0.3 is 0 Å². The number of hydrogen-bond donors (Lipinski definition) is 1.